The molecule has 1 aromatic carbocycles. The molecule has 1 atom stereocenters. The minimum atomic E-state index is -0.237. The molecule has 1 unspecified atom stereocenters. The molecule has 1 aromatic heterocycles. The molecule has 0 saturated heterocycles. The van der Waals surface area contributed by atoms with E-state index in [-0.39, 0.29) is 6.04 Å². The predicted molar refractivity (Wildman–Crippen MR) is 82.1 cm³/mol. The van der Waals surface area contributed by atoms with Crippen molar-refractivity contribution in [2.75, 3.05) is 13.2 Å². The summed E-state index contributed by atoms with van der Waals surface area (Å²) < 4.78 is 15.4. The molecule has 0 radical (unpaired) electrons. The first-order valence-corrected chi connectivity index (χ1v) is 7.91. The minimum Gasteiger partial charge on any atom is -0.490 e. The van der Waals surface area contributed by atoms with Gasteiger partial charge in [-0.15, -0.1) is 5.10 Å². The summed E-state index contributed by atoms with van der Waals surface area (Å²) in [6.07, 6.45) is 0.895. The molecule has 0 amide bonds. The Hall–Kier alpha value is -1.66. The average molecular weight is 305 g/mol. The van der Waals surface area contributed by atoms with Crippen LogP contribution in [-0.4, -0.2) is 22.8 Å². The summed E-state index contributed by atoms with van der Waals surface area (Å²) in [5.74, 6) is 1.86. The number of hydrogen-bond donors (Lipinski definition) is 1. The number of hydrogen-bond acceptors (Lipinski definition) is 6. The highest BCUT2D eigenvalue weighted by Crippen LogP contribution is 2.35. The average Bonchev–Trinajstić information content (AvgIpc) is 2.85. The monoisotopic (exact) mass is 305 g/mol. The SMILES string of the molecule is CC(C)c1nnsc1C(N)c1ccc2c(c1)OCCCO2. The number of nitrogens with zero attached hydrogens (tertiary/aromatic N) is 2. The van der Waals surface area contributed by atoms with E-state index in [0.717, 1.165) is 34.1 Å². The van der Waals surface area contributed by atoms with Gasteiger partial charge in [-0.2, -0.15) is 0 Å². The third-order valence-electron chi connectivity index (χ3n) is 3.50. The van der Waals surface area contributed by atoms with Crippen molar-refractivity contribution in [2.45, 2.75) is 32.2 Å². The zero-order valence-corrected chi connectivity index (χ0v) is 13.0. The summed E-state index contributed by atoms with van der Waals surface area (Å²) in [4.78, 5) is 1.01. The van der Waals surface area contributed by atoms with Gasteiger partial charge in [-0.25, -0.2) is 0 Å². The highest BCUT2D eigenvalue weighted by atomic mass is 32.1. The van der Waals surface area contributed by atoms with E-state index in [1.165, 1.54) is 11.5 Å². The summed E-state index contributed by atoms with van der Waals surface area (Å²) in [5, 5.41) is 4.20. The van der Waals surface area contributed by atoms with Gasteiger partial charge in [0.25, 0.3) is 0 Å². The van der Waals surface area contributed by atoms with E-state index in [4.69, 9.17) is 15.2 Å². The summed E-state index contributed by atoms with van der Waals surface area (Å²) in [6.45, 7) is 5.56. The molecule has 21 heavy (non-hydrogen) atoms. The van der Waals surface area contributed by atoms with Crippen LogP contribution in [0.15, 0.2) is 18.2 Å². The predicted octanol–water partition coefficient (Wildman–Crippen LogP) is 2.87. The molecule has 0 fully saturated rings. The number of aromatic nitrogens is 2. The van der Waals surface area contributed by atoms with Crippen LogP contribution in [-0.2, 0) is 0 Å². The maximum Gasteiger partial charge on any atom is 0.161 e. The number of benzene rings is 1. The van der Waals surface area contributed by atoms with Gasteiger partial charge >= 0.3 is 0 Å². The first kappa shape index (κ1) is 14.3. The van der Waals surface area contributed by atoms with Gasteiger partial charge in [-0.1, -0.05) is 24.4 Å². The molecule has 0 aliphatic carbocycles. The topological polar surface area (TPSA) is 70.3 Å². The van der Waals surface area contributed by atoms with Crippen LogP contribution in [0.3, 0.4) is 0 Å². The number of fused-ring (bicyclic) bond motifs is 1. The molecule has 0 spiro atoms. The number of rotatable bonds is 3. The van der Waals surface area contributed by atoms with Crippen LogP contribution in [0.4, 0.5) is 0 Å². The molecule has 0 saturated carbocycles. The van der Waals surface area contributed by atoms with E-state index in [9.17, 15) is 0 Å². The Kier molecular flexibility index (Phi) is 4.07. The summed E-state index contributed by atoms with van der Waals surface area (Å²) >= 11 is 1.36. The maximum absolute atomic E-state index is 6.41. The molecule has 1 aliphatic heterocycles. The quantitative estimate of drug-likeness (QED) is 0.944. The van der Waals surface area contributed by atoms with Gasteiger partial charge in [0, 0.05) is 6.42 Å². The first-order valence-electron chi connectivity index (χ1n) is 7.14. The van der Waals surface area contributed by atoms with Gasteiger partial charge in [-0.3, -0.25) is 0 Å². The molecule has 2 heterocycles. The van der Waals surface area contributed by atoms with Gasteiger partial charge in [0.15, 0.2) is 11.5 Å². The lowest BCUT2D eigenvalue weighted by molar-refractivity contribution is 0.297. The molecule has 5 nitrogen and oxygen atoms in total. The third kappa shape index (κ3) is 2.87. The Bertz CT molecular complexity index is 627. The van der Waals surface area contributed by atoms with Crippen molar-refractivity contribution in [3.8, 4) is 11.5 Å². The van der Waals surface area contributed by atoms with Crippen molar-refractivity contribution in [3.63, 3.8) is 0 Å². The summed E-state index contributed by atoms with van der Waals surface area (Å²) in [6, 6.07) is 5.65. The van der Waals surface area contributed by atoms with Crippen molar-refractivity contribution < 1.29 is 9.47 Å². The van der Waals surface area contributed by atoms with Crippen LogP contribution in [0, 0.1) is 0 Å². The normalized spacial score (nSPS) is 15.8. The van der Waals surface area contributed by atoms with Crippen molar-refractivity contribution >= 4 is 11.5 Å². The van der Waals surface area contributed by atoms with Crippen LogP contribution < -0.4 is 15.2 Å². The second-order valence-corrected chi connectivity index (χ2v) is 6.20. The Morgan fingerprint density at radius 3 is 2.71 bits per heavy atom. The van der Waals surface area contributed by atoms with Crippen molar-refractivity contribution in [3.05, 3.63) is 34.3 Å². The van der Waals surface area contributed by atoms with E-state index in [1.807, 2.05) is 18.2 Å². The fourth-order valence-electron chi connectivity index (χ4n) is 2.35. The Morgan fingerprint density at radius 2 is 1.95 bits per heavy atom. The standard InChI is InChI=1S/C15H19N3O2S/c1-9(2)14-15(21-18-17-14)13(16)10-4-5-11-12(8-10)20-7-3-6-19-11/h4-5,8-9,13H,3,6-7,16H2,1-2H3. The lowest BCUT2D eigenvalue weighted by Gasteiger charge is -2.15. The van der Waals surface area contributed by atoms with Gasteiger partial charge < -0.3 is 15.2 Å². The largest absolute Gasteiger partial charge is 0.490 e. The van der Waals surface area contributed by atoms with Crippen LogP contribution in [0.2, 0.25) is 0 Å². The fourth-order valence-corrected chi connectivity index (χ4v) is 3.18. The fraction of sp³-hybridized carbons (Fsp3) is 0.467. The van der Waals surface area contributed by atoms with Gasteiger partial charge in [0.05, 0.1) is 29.8 Å². The molecule has 3 rings (SSSR count). The van der Waals surface area contributed by atoms with Crippen LogP contribution in [0.25, 0.3) is 0 Å². The molecule has 112 valence electrons. The Balaban J connectivity index is 1.93. The van der Waals surface area contributed by atoms with Gasteiger partial charge in [0.1, 0.15) is 0 Å². The molecule has 6 heteroatoms. The zero-order valence-electron chi connectivity index (χ0n) is 12.2. The van der Waals surface area contributed by atoms with Crippen LogP contribution >= 0.6 is 11.5 Å². The summed E-state index contributed by atoms with van der Waals surface area (Å²) in [5.41, 5.74) is 8.37. The molecule has 2 N–H and O–H groups in total. The van der Waals surface area contributed by atoms with E-state index in [0.29, 0.717) is 19.1 Å². The van der Waals surface area contributed by atoms with Crippen LogP contribution in [0.1, 0.15) is 48.4 Å². The minimum absolute atomic E-state index is 0.237. The molecule has 2 aromatic rings. The van der Waals surface area contributed by atoms with Crippen molar-refractivity contribution in [1.82, 2.24) is 9.59 Å². The first-order chi connectivity index (χ1) is 10.2. The summed E-state index contributed by atoms with van der Waals surface area (Å²) in [7, 11) is 0. The Morgan fingerprint density at radius 1 is 1.19 bits per heavy atom. The van der Waals surface area contributed by atoms with E-state index in [2.05, 4.69) is 23.4 Å². The molecule has 0 bridgehead atoms. The van der Waals surface area contributed by atoms with E-state index in [1.54, 1.807) is 0 Å². The molecule has 1 aliphatic rings. The molecular weight excluding hydrogens is 286 g/mol. The van der Waals surface area contributed by atoms with E-state index < -0.39 is 0 Å². The van der Waals surface area contributed by atoms with E-state index >= 15 is 0 Å². The number of nitrogens with two attached hydrogens (primary N) is 1. The second-order valence-electron chi connectivity index (χ2n) is 5.41. The maximum atomic E-state index is 6.41. The Labute approximate surface area is 128 Å². The van der Waals surface area contributed by atoms with Gasteiger partial charge in [0.2, 0.25) is 0 Å². The lowest BCUT2D eigenvalue weighted by atomic mass is 10.0. The zero-order chi connectivity index (χ0) is 14.8. The highest BCUT2D eigenvalue weighted by molar-refractivity contribution is 7.05. The van der Waals surface area contributed by atoms with Crippen molar-refractivity contribution in [1.29, 1.82) is 0 Å². The van der Waals surface area contributed by atoms with Crippen molar-refractivity contribution in [2.24, 2.45) is 5.73 Å². The molecular formula is C15H19N3O2S. The van der Waals surface area contributed by atoms with Crippen LogP contribution in [0.5, 0.6) is 11.5 Å². The third-order valence-corrected chi connectivity index (χ3v) is 4.32. The smallest absolute Gasteiger partial charge is 0.161 e. The highest BCUT2D eigenvalue weighted by Gasteiger charge is 2.21. The second kappa shape index (κ2) is 5.99. The van der Waals surface area contributed by atoms with Gasteiger partial charge in [-0.05, 0) is 35.1 Å². The number of ether oxygens (including phenoxy) is 2. The lowest BCUT2D eigenvalue weighted by Crippen LogP contribution is -2.13.